The third kappa shape index (κ3) is 3.81. The lowest BCUT2D eigenvalue weighted by Gasteiger charge is -2.23. The van der Waals surface area contributed by atoms with Crippen LogP contribution in [0.5, 0.6) is 0 Å². The molecule has 0 aliphatic heterocycles. The van der Waals surface area contributed by atoms with Crippen molar-refractivity contribution in [1.82, 2.24) is 0 Å². The number of rotatable bonds is 6. The Morgan fingerprint density at radius 3 is 2.44 bits per heavy atom. The number of anilines is 2. The van der Waals surface area contributed by atoms with Crippen molar-refractivity contribution >= 4 is 17.3 Å². The van der Waals surface area contributed by atoms with E-state index in [1.165, 1.54) is 0 Å². The minimum Gasteiger partial charge on any atom is -0.399 e. The van der Waals surface area contributed by atoms with Gasteiger partial charge in [-0.3, -0.25) is 4.79 Å². The van der Waals surface area contributed by atoms with Crippen LogP contribution < -0.4 is 16.4 Å². The summed E-state index contributed by atoms with van der Waals surface area (Å²) in [5.41, 5.74) is 12.6. The summed E-state index contributed by atoms with van der Waals surface area (Å²) in [4.78, 5) is 12.9. The fraction of sp³-hybridized carbons (Fsp3) is 0.417. The Kier molecular flexibility index (Phi) is 4.64. The lowest BCUT2D eigenvalue weighted by atomic mass is 10.2. The topological polar surface area (TPSA) is 72.3 Å². The molecule has 0 saturated carbocycles. The van der Waals surface area contributed by atoms with Gasteiger partial charge in [-0.05, 0) is 30.7 Å². The van der Waals surface area contributed by atoms with E-state index < -0.39 is 0 Å². The van der Waals surface area contributed by atoms with Crippen LogP contribution in [0.1, 0.15) is 19.8 Å². The number of benzene rings is 1. The number of unbranched alkanes of at least 4 members (excludes halogenated alkanes) is 1. The van der Waals surface area contributed by atoms with Crippen molar-refractivity contribution in [2.45, 2.75) is 19.8 Å². The van der Waals surface area contributed by atoms with Gasteiger partial charge >= 0.3 is 0 Å². The van der Waals surface area contributed by atoms with Crippen molar-refractivity contribution in [3.63, 3.8) is 0 Å². The van der Waals surface area contributed by atoms with Gasteiger partial charge < -0.3 is 16.4 Å². The number of carbonyl (C=O) groups excluding carboxylic acids is 1. The second-order valence-corrected chi connectivity index (χ2v) is 3.83. The third-order valence-electron chi connectivity index (χ3n) is 2.39. The van der Waals surface area contributed by atoms with Gasteiger partial charge in [0.05, 0.1) is 6.54 Å². The zero-order chi connectivity index (χ0) is 12.0. The number of nitrogen functional groups attached to an aromatic ring is 1. The summed E-state index contributed by atoms with van der Waals surface area (Å²) in [6, 6.07) is 7.48. The first-order valence-corrected chi connectivity index (χ1v) is 5.52. The van der Waals surface area contributed by atoms with Crippen LogP contribution in [0.2, 0.25) is 0 Å². The molecule has 0 aliphatic rings. The van der Waals surface area contributed by atoms with Crippen LogP contribution in [0.15, 0.2) is 24.3 Å². The standard InChI is InChI=1S/C12H19N3O/c1-2-3-8-15(9-12(14)16)11-6-4-10(13)5-7-11/h4-7H,2-3,8-9,13H2,1H3,(H2,14,16). The van der Waals surface area contributed by atoms with E-state index in [1.807, 2.05) is 29.2 Å². The van der Waals surface area contributed by atoms with E-state index in [1.54, 1.807) is 0 Å². The molecule has 0 radical (unpaired) electrons. The first-order chi connectivity index (χ1) is 7.63. The predicted molar refractivity (Wildman–Crippen MR) is 67.2 cm³/mol. The smallest absolute Gasteiger partial charge is 0.236 e. The summed E-state index contributed by atoms with van der Waals surface area (Å²) in [5.74, 6) is -0.312. The number of nitrogens with two attached hydrogens (primary N) is 2. The average molecular weight is 221 g/mol. The molecule has 0 saturated heterocycles. The normalized spacial score (nSPS) is 10.1. The van der Waals surface area contributed by atoms with Gasteiger partial charge in [-0.15, -0.1) is 0 Å². The van der Waals surface area contributed by atoms with Gasteiger partial charge in [-0.2, -0.15) is 0 Å². The highest BCUT2D eigenvalue weighted by Gasteiger charge is 2.08. The summed E-state index contributed by atoms with van der Waals surface area (Å²) in [6.07, 6.45) is 2.13. The first kappa shape index (κ1) is 12.4. The van der Waals surface area contributed by atoms with E-state index in [0.29, 0.717) is 0 Å². The van der Waals surface area contributed by atoms with Gasteiger partial charge in [-0.25, -0.2) is 0 Å². The molecule has 4 N–H and O–H groups in total. The molecule has 0 heterocycles. The Balaban J connectivity index is 2.74. The first-order valence-electron chi connectivity index (χ1n) is 5.52. The molecule has 1 aromatic rings. The molecule has 0 atom stereocenters. The van der Waals surface area contributed by atoms with Crippen molar-refractivity contribution in [3.05, 3.63) is 24.3 Å². The number of nitrogens with zero attached hydrogens (tertiary/aromatic N) is 1. The van der Waals surface area contributed by atoms with Crippen LogP contribution in [-0.2, 0) is 4.79 Å². The number of amides is 1. The average Bonchev–Trinajstić information content (AvgIpc) is 2.25. The van der Waals surface area contributed by atoms with Crippen LogP contribution >= 0.6 is 0 Å². The van der Waals surface area contributed by atoms with Gasteiger partial charge in [0.25, 0.3) is 0 Å². The molecule has 0 bridgehead atoms. The van der Waals surface area contributed by atoms with Crippen molar-refractivity contribution in [1.29, 1.82) is 0 Å². The summed E-state index contributed by atoms with van der Waals surface area (Å²) < 4.78 is 0. The molecule has 0 aromatic heterocycles. The van der Waals surface area contributed by atoms with E-state index in [0.717, 1.165) is 30.8 Å². The molecular weight excluding hydrogens is 202 g/mol. The van der Waals surface area contributed by atoms with E-state index in [9.17, 15) is 4.79 Å². The molecule has 16 heavy (non-hydrogen) atoms. The zero-order valence-electron chi connectivity index (χ0n) is 9.65. The Hall–Kier alpha value is -1.71. The Bertz CT molecular complexity index is 335. The molecule has 0 aliphatic carbocycles. The number of hydrogen-bond donors (Lipinski definition) is 2. The second kappa shape index (κ2) is 6.00. The lowest BCUT2D eigenvalue weighted by Crippen LogP contribution is -2.34. The molecule has 1 rings (SSSR count). The van der Waals surface area contributed by atoms with Crippen molar-refractivity contribution < 1.29 is 4.79 Å². The Morgan fingerprint density at radius 2 is 1.94 bits per heavy atom. The molecule has 0 fully saturated rings. The number of primary amides is 1. The van der Waals surface area contributed by atoms with Gasteiger partial charge in [0.2, 0.25) is 5.91 Å². The number of carbonyl (C=O) groups is 1. The molecule has 88 valence electrons. The van der Waals surface area contributed by atoms with Crippen molar-refractivity contribution in [3.8, 4) is 0 Å². The fourth-order valence-electron chi connectivity index (χ4n) is 1.52. The quantitative estimate of drug-likeness (QED) is 0.712. The van der Waals surface area contributed by atoms with Gasteiger partial charge in [0.1, 0.15) is 0 Å². The Morgan fingerprint density at radius 1 is 1.31 bits per heavy atom. The molecule has 0 unspecified atom stereocenters. The molecule has 4 nitrogen and oxygen atoms in total. The van der Waals surface area contributed by atoms with Crippen molar-refractivity contribution in [2.75, 3.05) is 23.7 Å². The van der Waals surface area contributed by atoms with E-state index >= 15 is 0 Å². The minimum atomic E-state index is -0.312. The van der Waals surface area contributed by atoms with E-state index in [4.69, 9.17) is 11.5 Å². The summed E-state index contributed by atoms with van der Waals surface area (Å²) in [7, 11) is 0. The minimum absolute atomic E-state index is 0.254. The highest BCUT2D eigenvalue weighted by atomic mass is 16.1. The second-order valence-electron chi connectivity index (χ2n) is 3.83. The summed E-state index contributed by atoms with van der Waals surface area (Å²) in [6.45, 7) is 3.21. The van der Waals surface area contributed by atoms with Gasteiger partial charge in [-0.1, -0.05) is 13.3 Å². The van der Waals surface area contributed by atoms with Crippen molar-refractivity contribution in [2.24, 2.45) is 5.73 Å². The summed E-state index contributed by atoms with van der Waals surface area (Å²) >= 11 is 0. The molecule has 1 amide bonds. The maximum Gasteiger partial charge on any atom is 0.236 e. The van der Waals surface area contributed by atoms with Crippen LogP contribution in [0.4, 0.5) is 11.4 Å². The van der Waals surface area contributed by atoms with Crippen LogP contribution in [0.3, 0.4) is 0 Å². The number of hydrogen-bond acceptors (Lipinski definition) is 3. The lowest BCUT2D eigenvalue weighted by molar-refractivity contribution is -0.116. The fourth-order valence-corrected chi connectivity index (χ4v) is 1.52. The molecule has 4 heteroatoms. The maximum atomic E-state index is 11.0. The maximum absolute atomic E-state index is 11.0. The third-order valence-corrected chi connectivity index (χ3v) is 2.39. The molecular formula is C12H19N3O. The summed E-state index contributed by atoms with van der Waals surface area (Å²) in [5, 5.41) is 0. The SMILES string of the molecule is CCCCN(CC(N)=O)c1ccc(N)cc1. The molecule has 0 spiro atoms. The largest absolute Gasteiger partial charge is 0.399 e. The highest BCUT2D eigenvalue weighted by Crippen LogP contribution is 2.16. The van der Waals surface area contributed by atoms with Gasteiger partial charge in [0, 0.05) is 17.9 Å². The van der Waals surface area contributed by atoms with Crippen LogP contribution in [-0.4, -0.2) is 19.0 Å². The monoisotopic (exact) mass is 221 g/mol. The zero-order valence-corrected chi connectivity index (χ0v) is 9.65. The predicted octanol–water partition coefficient (Wildman–Crippen LogP) is 1.36. The Labute approximate surface area is 96.2 Å². The van der Waals surface area contributed by atoms with Crippen LogP contribution in [0.25, 0.3) is 0 Å². The molecule has 1 aromatic carbocycles. The van der Waals surface area contributed by atoms with E-state index in [-0.39, 0.29) is 12.5 Å². The van der Waals surface area contributed by atoms with Gasteiger partial charge in [0.15, 0.2) is 0 Å². The van der Waals surface area contributed by atoms with E-state index in [2.05, 4.69) is 6.92 Å². The highest BCUT2D eigenvalue weighted by molar-refractivity contribution is 5.79. The van der Waals surface area contributed by atoms with Crippen LogP contribution in [0, 0.1) is 0 Å².